The highest BCUT2D eigenvalue weighted by Gasteiger charge is 2.25. The minimum absolute atomic E-state index is 0.104. The molecule has 0 radical (unpaired) electrons. The number of hydrogen-bond donors (Lipinski definition) is 2. The quantitative estimate of drug-likeness (QED) is 0.832. The molecule has 1 fully saturated rings. The van der Waals surface area contributed by atoms with Crippen molar-refractivity contribution >= 4 is 11.8 Å². The van der Waals surface area contributed by atoms with Gasteiger partial charge in [-0.1, -0.05) is 25.8 Å². The number of carbonyl (C=O) groups is 2. The van der Waals surface area contributed by atoms with Crippen LogP contribution >= 0.6 is 0 Å². The topological polar surface area (TPSA) is 76.7 Å². The number of amides is 2. The van der Waals surface area contributed by atoms with E-state index in [-0.39, 0.29) is 19.4 Å². The molecule has 1 aromatic carbocycles. The third-order valence-corrected chi connectivity index (χ3v) is 4.52. The Bertz CT molecular complexity index is 602. The van der Waals surface area contributed by atoms with Gasteiger partial charge < -0.3 is 20.1 Å². The minimum Gasteiger partial charge on any atom is -0.454 e. The van der Waals surface area contributed by atoms with Gasteiger partial charge >= 0.3 is 11.8 Å². The lowest BCUT2D eigenvalue weighted by atomic mass is 9.86. The van der Waals surface area contributed by atoms with Crippen LogP contribution in [0.2, 0.25) is 0 Å². The van der Waals surface area contributed by atoms with E-state index in [1.807, 2.05) is 12.1 Å². The highest BCUT2D eigenvalue weighted by atomic mass is 16.7. The Morgan fingerprint density at radius 3 is 2.74 bits per heavy atom. The fraction of sp³-hybridized carbons (Fsp3) is 0.529. The van der Waals surface area contributed by atoms with Crippen LogP contribution in [0, 0.1) is 5.92 Å². The van der Waals surface area contributed by atoms with Gasteiger partial charge in [0.2, 0.25) is 6.79 Å². The van der Waals surface area contributed by atoms with Crippen molar-refractivity contribution in [2.45, 2.75) is 45.2 Å². The Balaban J connectivity index is 1.49. The highest BCUT2D eigenvalue weighted by molar-refractivity contribution is 6.35. The normalized spacial score (nSPS) is 22.5. The average Bonchev–Trinajstić information content (AvgIpc) is 3.02. The summed E-state index contributed by atoms with van der Waals surface area (Å²) in [6, 6.07) is 5.55. The van der Waals surface area contributed by atoms with Gasteiger partial charge in [0.1, 0.15) is 0 Å². The van der Waals surface area contributed by atoms with Crippen LogP contribution in [0.1, 0.15) is 38.2 Å². The summed E-state index contributed by atoms with van der Waals surface area (Å²) in [7, 11) is 0. The Hall–Kier alpha value is -2.24. The molecule has 0 aromatic heterocycles. The molecule has 1 aliphatic carbocycles. The van der Waals surface area contributed by atoms with E-state index in [0.717, 1.165) is 24.8 Å². The Morgan fingerprint density at radius 1 is 1.13 bits per heavy atom. The Kier molecular flexibility index (Phi) is 4.69. The molecule has 0 saturated heterocycles. The van der Waals surface area contributed by atoms with E-state index in [4.69, 9.17) is 9.47 Å². The van der Waals surface area contributed by atoms with Crippen LogP contribution in [-0.2, 0) is 16.1 Å². The number of rotatable bonds is 3. The molecule has 1 aliphatic heterocycles. The Labute approximate surface area is 135 Å². The van der Waals surface area contributed by atoms with Crippen LogP contribution in [-0.4, -0.2) is 24.6 Å². The zero-order chi connectivity index (χ0) is 16.2. The molecule has 3 rings (SSSR count). The summed E-state index contributed by atoms with van der Waals surface area (Å²) < 4.78 is 10.5. The van der Waals surface area contributed by atoms with Gasteiger partial charge in [0.15, 0.2) is 11.5 Å². The third kappa shape index (κ3) is 3.75. The zero-order valence-electron chi connectivity index (χ0n) is 13.3. The number of benzene rings is 1. The molecule has 2 amide bonds. The van der Waals surface area contributed by atoms with Gasteiger partial charge in [0.25, 0.3) is 0 Å². The first-order chi connectivity index (χ1) is 11.1. The third-order valence-electron chi connectivity index (χ3n) is 4.52. The van der Waals surface area contributed by atoms with Gasteiger partial charge in [-0.15, -0.1) is 0 Å². The summed E-state index contributed by atoms with van der Waals surface area (Å²) in [5, 5.41) is 5.50. The van der Waals surface area contributed by atoms with Crippen molar-refractivity contribution in [2.75, 3.05) is 6.79 Å². The van der Waals surface area contributed by atoms with Crippen molar-refractivity contribution in [2.24, 2.45) is 5.92 Å². The Morgan fingerprint density at radius 2 is 1.91 bits per heavy atom. The van der Waals surface area contributed by atoms with Crippen LogP contribution in [0.5, 0.6) is 11.5 Å². The van der Waals surface area contributed by atoms with E-state index in [0.29, 0.717) is 17.4 Å². The lowest BCUT2D eigenvalue weighted by molar-refractivity contribution is -0.140. The van der Waals surface area contributed by atoms with E-state index in [2.05, 4.69) is 17.6 Å². The number of carbonyl (C=O) groups excluding carboxylic acids is 2. The lowest BCUT2D eigenvalue weighted by Gasteiger charge is -2.29. The molecule has 2 N–H and O–H groups in total. The second-order valence-corrected chi connectivity index (χ2v) is 6.21. The van der Waals surface area contributed by atoms with Crippen LogP contribution in [0.15, 0.2) is 18.2 Å². The predicted octanol–water partition coefficient (Wildman–Crippen LogP) is 1.73. The number of fused-ring (bicyclic) bond motifs is 1. The fourth-order valence-electron chi connectivity index (χ4n) is 3.08. The van der Waals surface area contributed by atoms with Crippen molar-refractivity contribution in [1.82, 2.24) is 10.6 Å². The second kappa shape index (κ2) is 6.89. The molecule has 2 aliphatic rings. The summed E-state index contributed by atoms with van der Waals surface area (Å²) in [6.07, 6.45) is 4.35. The summed E-state index contributed by atoms with van der Waals surface area (Å²) >= 11 is 0. The SMILES string of the molecule is C[C@@H]1CCCC[C@H]1NC(=O)C(=O)NCc1ccc2c(c1)OCO2. The maximum absolute atomic E-state index is 12.0. The van der Waals surface area contributed by atoms with Crippen LogP contribution in [0.3, 0.4) is 0 Å². The standard InChI is InChI=1S/C17H22N2O4/c1-11-4-2-3-5-13(11)19-17(21)16(20)18-9-12-6-7-14-15(8-12)23-10-22-14/h6-8,11,13H,2-5,9-10H2,1H3,(H,18,20)(H,19,21)/t11-,13-/m1/s1. The van der Waals surface area contributed by atoms with Crippen LogP contribution in [0.4, 0.5) is 0 Å². The number of hydrogen-bond acceptors (Lipinski definition) is 4. The van der Waals surface area contributed by atoms with Gasteiger partial charge in [0.05, 0.1) is 0 Å². The van der Waals surface area contributed by atoms with E-state index < -0.39 is 11.8 Å². The summed E-state index contributed by atoms with van der Waals surface area (Å²) in [5.41, 5.74) is 0.862. The first kappa shape index (κ1) is 15.6. The van der Waals surface area contributed by atoms with Crippen LogP contribution < -0.4 is 20.1 Å². The molecule has 6 heteroatoms. The number of nitrogens with one attached hydrogen (secondary N) is 2. The summed E-state index contributed by atoms with van der Waals surface area (Å²) in [6.45, 7) is 2.62. The maximum Gasteiger partial charge on any atom is 0.309 e. The van der Waals surface area contributed by atoms with Gasteiger partial charge in [-0.25, -0.2) is 0 Å². The first-order valence-electron chi connectivity index (χ1n) is 8.10. The maximum atomic E-state index is 12.0. The van der Waals surface area contributed by atoms with Crippen molar-refractivity contribution in [3.8, 4) is 11.5 Å². The molecule has 124 valence electrons. The van der Waals surface area contributed by atoms with Crippen LogP contribution in [0.25, 0.3) is 0 Å². The summed E-state index contributed by atoms with van der Waals surface area (Å²) in [4.78, 5) is 23.9. The molecule has 23 heavy (non-hydrogen) atoms. The monoisotopic (exact) mass is 318 g/mol. The molecular weight excluding hydrogens is 296 g/mol. The van der Waals surface area contributed by atoms with Crippen molar-refractivity contribution in [3.63, 3.8) is 0 Å². The van der Waals surface area contributed by atoms with E-state index in [9.17, 15) is 9.59 Å². The van der Waals surface area contributed by atoms with Gasteiger partial charge in [-0.3, -0.25) is 9.59 Å². The van der Waals surface area contributed by atoms with Gasteiger partial charge in [-0.05, 0) is 36.5 Å². The van der Waals surface area contributed by atoms with Crippen molar-refractivity contribution < 1.29 is 19.1 Å². The predicted molar refractivity (Wildman–Crippen MR) is 84.0 cm³/mol. The van der Waals surface area contributed by atoms with E-state index in [1.165, 1.54) is 6.42 Å². The molecule has 6 nitrogen and oxygen atoms in total. The number of ether oxygens (including phenoxy) is 2. The highest BCUT2D eigenvalue weighted by Crippen LogP contribution is 2.32. The molecule has 0 bridgehead atoms. The van der Waals surface area contributed by atoms with Gasteiger partial charge in [-0.2, -0.15) is 0 Å². The minimum atomic E-state index is -0.597. The molecule has 2 atom stereocenters. The van der Waals surface area contributed by atoms with Gasteiger partial charge in [0, 0.05) is 12.6 Å². The smallest absolute Gasteiger partial charge is 0.309 e. The molecule has 0 unspecified atom stereocenters. The van der Waals surface area contributed by atoms with Crippen molar-refractivity contribution in [3.05, 3.63) is 23.8 Å². The fourth-order valence-corrected chi connectivity index (χ4v) is 3.08. The lowest BCUT2D eigenvalue weighted by Crippen LogP contribution is -2.47. The van der Waals surface area contributed by atoms with E-state index in [1.54, 1.807) is 6.07 Å². The zero-order valence-corrected chi connectivity index (χ0v) is 13.3. The molecule has 1 saturated carbocycles. The molecule has 1 aromatic rings. The van der Waals surface area contributed by atoms with E-state index >= 15 is 0 Å². The largest absolute Gasteiger partial charge is 0.454 e. The first-order valence-corrected chi connectivity index (χ1v) is 8.10. The average molecular weight is 318 g/mol. The second-order valence-electron chi connectivity index (χ2n) is 6.21. The molecule has 1 heterocycles. The summed E-state index contributed by atoms with van der Waals surface area (Å²) in [5.74, 6) is 0.639. The molecular formula is C17H22N2O4. The van der Waals surface area contributed by atoms with Crippen molar-refractivity contribution in [1.29, 1.82) is 0 Å². The molecule has 0 spiro atoms.